The molecule has 2 rings (SSSR count). The molecule has 0 amide bonds. The van der Waals surface area contributed by atoms with Crippen LogP contribution in [0, 0.1) is 0 Å². The Kier molecular flexibility index (Phi) is 4.19. The van der Waals surface area contributed by atoms with Crippen molar-refractivity contribution < 1.29 is 8.42 Å². The highest BCUT2D eigenvalue weighted by Crippen LogP contribution is 2.18. The van der Waals surface area contributed by atoms with E-state index >= 15 is 0 Å². The molecule has 1 aromatic heterocycles. The minimum Gasteiger partial charge on any atom is -0.260 e. The molecule has 0 aliphatic rings. The van der Waals surface area contributed by atoms with E-state index in [2.05, 4.69) is 9.71 Å². The lowest BCUT2D eigenvalue weighted by atomic mass is 10.2. The van der Waals surface area contributed by atoms with Crippen LogP contribution in [0.15, 0.2) is 53.6 Å². The van der Waals surface area contributed by atoms with Crippen molar-refractivity contribution in [1.82, 2.24) is 9.71 Å². The van der Waals surface area contributed by atoms with E-state index in [-0.39, 0.29) is 4.90 Å². The lowest BCUT2D eigenvalue weighted by molar-refractivity contribution is 0.564. The van der Waals surface area contributed by atoms with E-state index in [0.29, 0.717) is 10.7 Å². The van der Waals surface area contributed by atoms with Gasteiger partial charge in [0.1, 0.15) is 0 Å². The van der Waals surface area contributed by atoms with Gasteiger partial charge < -0.3 is 0 Å². The molecule has 1 heterocycles. The van der Waals surface area contributed by atoms with E-state index in [1.54, 1.807) is 37.4 Å². The zero-order chi connectivity index (χ0) is 13.9. The quantitative estimate of drug-likeness (QED) is 0.944. The molecule has 0 saturated heterocycles. The molecule has 4 nitrogen and oxygen atoms in total. The van der Waals surface area contributed by atoms with Crippen LogP contribution in [0.2, 0.25) is 5.02 Å². The highest BCUT2D eigenvalue weighted by molar-refractivity contribution is 7.89. The Labute approximate surface area is 117 Å². The molecule has 0 spiro atoms. The number of aromatic nitrogens is 1. The molecule has 0 radical (unpaired) electrons. The van der Waals surface area contributed by atoms with Crippen molar-refractivity contribution in [3.8, 4) is 0 Å². The molecule has 19 heavy (non-hydrogen) atoms. The average Bonchev–Trinajstić information content (AvgIpc) is 2.39. The highest BCUT2D eigenvalue weighted by Gasteiger charge is 2.18. The van der Waals surface area contributed by atoms with Gasteiger partial charge in [-0.3, -0.25) is 4.98 Å². The van der Waals surface area contributed by atoms with Crippen molar-refractivity contribution in [2.45, 2.75) is 17.9 Å². The lowest BCUT2D eigenvalue weighted by Crippen LogP contribution is -2.27. The molecule has 2 aromatic rings. The molecule has 100 valence electrons. The normalized spacial score (nSPS) is 13.2. The zero-order valence-electron chi connectivity index (χ0n) is 10.2. The molecule has 0 unspecified atom stereocenters. The van der Waals surface area contributed by atoms with E-state index in [1.165, 1.54) is 12.1 Å². The third-order valence-corrected chi connectivity index (χ3v) is 4.34. The van der Waals surface area contributed by atoms with Crippen molar-refractivity contribution in [3.05, 3.63) is 59.4 Å². The summed E-state index contributed by atoms with van der Waals surface area (Å²) < 4.78 is 26.9. The SMILES string of the molecule is C[C@H](NS(=O)(=O)c1cccc(Cl)c1)c1ccccn1. The van der Waals surface area contributed by atoms with E-state index in [1.807, 2.05) is 6.07 Å². The van der Waals surface area contributed by atoms with Crippen LogP contribution in [0.1, 0.15) is 18.7 Å². The first-order valence-electron chi connectivity index (χ1n) is 5.68. The summed E-state index contributed by atoms with van der Waals surface area (Å²) in [5.74, 6) is 0. The topological polar surface area (TPSA) is 59.1 Å². The van der Waals surface area contributed by atoms with Crippen LogP contribution in [-0.2, 0) is 10.0 Å². The Morgan fingerprint density at radius 2 is 2.00 bits per heavy atom. The first kappa shape index (κ1) is 14.0. The van der Waals surface area contributed by atoms with Crippen molar-refractivity contribution in [2.75, 3.05) is 0 Å². The van der Waals surface area contributed by atoms with Crippen molar-refractivity contribution in [2.24, 2.45) is 0 Å². The van der Waals surface area contributed by atoms with Crippen molar-refractivity contribution in [1.29, 1.82) is 0 Å². The van der Waals surface area contributed by atoms with Crippen LogP contribution in [0.3, 0.4) is 0 Å². The Hall–Kier alpha value is -1.43. The number of halogens is 1. The maximum atomic E-state index is 12.2. The maximum absolute atomic E-state index is 12.2. The molecule has 0 aliphatic heterocycles. The maximum Gasteiger partial charge on any atom is 0.241 e. The van der Waals surface area contributed by atoms with Gasteiger partial charge in [0.05, 0.1) is 16.6 Å². The molecule has 0 bridgehead atoms. The second-order valence-electron chi connectivity index (χ2n) is 4.05. The first-order valence-corrected chi connectivity index (χ1v) is 7.54. The summed E-state index contributed by atoms with van der Waals surface area (Å²) in [6, 6.07) is 11.1. The van der Waals surface area contributed by atoms with Gasteiger partial charge in [-0.25, -0.2) is 13.1 Å². The standard InChI is InChI=1S/C13H13ClN2O2S/c1-10(13-7-2-3-8-15-13)16-19(17,18)12-6-4-5-11(14)9-12/h2-10,16H,1H3/t10-/m0/s1. The lowest BCUT2D eigenvalue weighted by Gasteiger charge is -2.13. The minimum absolute atomic E-state index is 0.141. The van der Waals surface area contributed by atoms with Gasteiger partial charge in [-0.05, 0) is 37.3 Å². The van der Waals surface area contributed by atoms with Crippen LogP contribution < -0.4 is 4.72 Å². The molecule has 1 N–H and O–H groups in total. The van der Waals surface area contributed by atoms with Crippen LogP contribution in [-0.4, -0.2) is 13.4 Å². The molecule has 1 aromatic carbocycles. The molecule has 6 heteroatoms. The number of hydrogen-bond acceptors (Lipinski definition) is 3. The summed E-state index contributed by atoms with van der Waals surface area (Å²) in [6.07, 6.45) is 1.62. The van der Waals surface area contributed by atoms with E-state index in [0.717, 1.165) is 0 Å². The van der Waals surface area contributed by atoms with Crippen LogP contribution in [0.25, 0.3) is 0 Å². The van der Waals surface area contributed by atoms with E-state index < -0.39 is 16.1 Å². The van der Waals surface area contributed by atoms with E-state index in [9.17, 15) is 8.42 Å². The molecular formula is C13H13ClN2O2S. The largest absolute Gasteiger partial charge is 0.260 e. The zero-order valence-corrected chi connectivity index (χ0v) is 11.8. The molecular weight excluding hydrogens is 284 g/mol. The number of nitrogens with zero attached hydrogens (tertiary/aromatic N) is 1. The fraction of sp³-hybridized carbons (Fsp3) is 0.154. The summed E-state index contributed by atoms with van der Waals surface area (Å²) in [5, 5.41) is 0.383. The van der Waals surface area contributed by atoms with E-state index in [4.69, 9.17) is 11.6 Å². The number of hydrogen-bond donors (Lipinski definition) is 1. The summed E-state index contributed by atoms with van der Waals surface area (Å²) in [4.78, 5) is 4.26. The van der Waals surface area contributed by atoms with Gasteiger partial charge in [-0.1, -0.05) is 23.7 Å². The Morgan fingerprint density at radius 1 is 1.21 bits per heavy atom. The Bertz CT molecular complexity index is 659. The van der Waals surface area contributed by atoms with Gasteiger partial charge >= 0.3 is 0 Å². The highest BCUT2D eigenvalue weighted by atomic mass is 35.5. The summed E-state index contributed by atoms with van der Waals surface area (Å²) in [6.45, 7) is 1.74. The van der Waals surface area contributed by atoms with Gasteiger partial charge in [-0.15, -0.1) is 0 Å². The molecule has 0 aliphatic carbocycles. The summed E-state index contributed by atoms with van der Waals surface area (Å²) >= 11 is 5.80. The average molecular weight is 297 g/mol. The second-order valence-corrected chi connectivity index (χ2v) is 6.21. The van der Waals surface area contributed by atoms with Crippen molar-refractivity contribution in [3.63, 3.8) is 0 Å². The number of nitrogens with one attached hydrogen (secondary N) is 1. The number of sulfonamides is 1. The fourth-order valence-corrected chi connectivity index (χ4v) is 3.14. The Balaban J connectivity index is 2.23. The van der Waals surface area contributed by atoms with Crippen LogP contribution >= 0.6 is 11.6 Å². The third-order valence-electron chi connectivity index (χ3n) is 2.57. The third kappa shape index (κ3) is 3.53. The predicted molar refractivity (Wildman–Crippen MR) is 74.4 cm³/mol. The molecule has 1 atom stereocenters. The smallest absolute Gasteiger partial charge is 0.241 e. The predicted octanol–water partition coefficient (Wildman–Crippen LogP) is 2.77. The number of pyridine rings is 1. The monoisotopic (exact) mass is 296 g/mol. The minimum atomic E-state index is -3.60. The summed E-state index contributed by atoms with van der Waals surface area (Å²) in [7, 11) is -3.60. The Morgan fingerprint density at radius 3 is 2.63 bits per heavy atom. The van der Waals surface area contributed by atoms with Gasteiger partial charge in [0.2, 0.25) is 10.0 Å². The van der Waals surface area contributed by atoms with Gasteiger partial charge in [0.25, 0.3) is 0 Å². The molecule has 0 fully saturated rings. The fourth-order valence-electron chi connectivity index (χ4n) is 1.63. The number of rotatable bonds is 4. The van der Waals surface area contributed by atoms with Gasteiger partial charge in [-0.2, -0.15) is 0 Å². The van der Waals surface area contributed by atoms with Gasteiger partial charge in [0.15, 0.2) is 0 Å². The van der Waals surface area contributed by atoms with Gasteiger partial charge in [0, 0.05) is 11.2 Å². The second kappa shape index (κ2) is 5.69. The number of benzene rings is 1. The van der Waals surface area contributed by atoms with Crippen LogP contribution in [0.4, 0.5) is 0 Å². The van der Waals surface area contributed by atoms with Crippen molar-refractivity contribution >= 4 is 21.6 Å². The summed E-state index contributed by atoms with van der Waals surface area (Å²) in [5.41, 5.74) is 0.660. The first-order chi connectivity index (χ1) is 8.99. The molecule has 0 saturated carbocycles. The van der Waals surface area contributed by atoms with Crippen LogP contribution in [0.5, 0.6) is 0 Å².